The minimum atomic E-state index is -0.479. The third-order valence-corrected chi connectivity index (χ3v) is 6.82. The Balaban J connectivity index is 1.72. The van der Waals surface area contributed by atoms with Crippen LogP contribution < -0.4 is 5.32 Å². The molecule has 8 nitrogen and oxygen atoms in total. The Morgan fingerprint density at radius 3 is 2.78 bits per heavy atom. The molecule has 1 fully saturated rings. The lowest BCUT2D eigenvalue weighted by Gasteiger charge is -2.42. The molecule has 3 rings (SSSR count). The van der Waals surface area contributed by atoms with Crippen LogP contribution in [0, 0.1) is 17.3 Å². The van der Waals surface area contributed by atoms with Crippen molar-refractivity contribution in [2.24, 2.45) is 17.3 Å². The van der Waals surface area contributed by atoms with Crippen LogP contribution in [0.15, 0.2) is 24.4 Å². The highest BCUT2D eigenvalue weighted by Gasteiger charge is 2.35. The van der Waals surface area contributed by atoms with E-state index in [9.17, 15) is 14.4 Å². The maximum Gasteiger partial charge on any atom is 0.325 e. The molecular formula is C24H34N4O4. The van der Waals surface area contributed by atoms with Gasteiger partial charge in [0.2, 0.25) is 0 Å². The first-order valence-electron chi connectivity index (χ1n) is 11.3. The zero-order valence-electron chi connectivity index (χ0n) is 19.7. The molecule has 1 N–H and O–H groups in total. The summed E-state index contributed by atoms with van der Waals surface area (Å²) in [5, 5.41) is 3.09. The molecule has 0 spiro atoms. The summed E-state index contributed by atoms with van der Waals surface area (Å²) >= 11 is 0. The molecule has 8 heteroatoms. The number of fused-ring (bicyclic) bond motifs is 1. The summed E-state index contributed by atoms with van der Waals surface area (Å²) in [5.41, 5.74) is 1.37. The average molecular weight is 443 g/mol. The van der Waals surface area contributed by atoms with Crippen molar-refractivity contribution in [3.8, 4) is 0 Å². The number of rotatable bonds is 7. The van der Waals surface area contributed by atoms with E-state index >= 15 is 0 Å². The number of ether oxygens (including phenoxy) is 1. The van der Waals surface area contributed by atoms with Gasteiger partial charge in [-0.1, -0.05) is 33.3 Å². The van der Waals surface area contributed by atoms with Gasteiger partial charge in [-0.2, -0.15) is 0 Å². The summed E-state index contributed by atoms with van der Waals surface area (Å²) in [4.78, 5) is 43.0. The second kappa shape index (κ2) is 9.71. The number of hydrogen-bond donors (Lipinski definition) is 1. The summed E-state index contributed by atoms with van der Waals surface area (Å²) in [6, 6.07) is 5.21. The van der Waals surface area contributed by atoms with Crippen LogP contribution in [-0.2, 0) is 9.53 Å². The number of aromatic nitrogens is 2. The second-order valence-corrected chi connectivity index (χ2v) is 9.37. The zero-order valence-corrected chi connectivity index (χ0v) is 19.7. The van der Waals surface area contributed by atoms with Gasteiger partial charge in [-0.05, 0) is 49.1 Å². The van der Waals surface area contributed by atoms with E-state index in [1.807, 2.05) is 0 Å². The Hall–Kier alpha value is -2.90. The van der Waals surface area contributed by atoms with Gasteiger partial charge >= 0.3 is 5.97 Å². The van der Waals surface area contributed by atoms with Crippen molar-refractivity contribution in [3.63, 3.8) is 0 Å². The Labute approximate surface area is 189 Å². The van der Waals surface area contributed by atoms with Crippen molar-refractivity contribution in [1.82, 2.24) is 19.6 Å². The first-order chi connectivity index (χ1) is 15.1. The molecule has 2 atom stereocenters. The van der Waals surface area contributed by atoms with E-state index in [-0.39, 0.29) is 30.2 Å². The van der Waals surface area contributed by atoms with E-state index in [2.05, 4.69) is 31.1 Å². The number of imidazole rings is 1. The third kappa shape index (κ3) is 5.11. The number of esters is 1. The van der Waals surface area contributed by atoms with Crippen molar-refractivity contribution in [2.75, 3.05) is 26.7 Å². The number of amides is 2. The largest absolute Gasteiger partial charge is 0.465 e. The molecule has 1 aliphatic rings. The SMILES string of the molecule is CCOC(=O)CN(C)C(=O)c1cn2c(C(=O)NCC3CCCC(C)(C)C3C)cccc2n1. The topological polar surface area (TPSA) is 93.0 Å². The Bertz CT molecular complexity index is 997. The maximum atomic E-state index is 13.0. The lowest BCUT2D eigenvalue weighted by atomic mass is 9.64. The summed E-state index contributed by atoms with van der Waals surface area (Å²) in [5.74, 6) is -0.112. The molecule has 174 valence electrons. The van der Waals surface area contributed by atoms with Gasteiger partial charge in [0.25, 0.3) is 11.8 Å². The highest BCUT2D eigenvalue weighted by Crippen LogP contribution is 2.43. The van der Waals surface area contributed by atoms with Gasteiger partial charge in [0.15, 0.2) is 0 Å². The minimum Gasteiger partial charge on any atom is -0.465 e. The first-order valence-corrected chi connectivity index (χ1v) is 11.3. The lowest BCUT2D eigenvalue weighted by molar-refractivity contribution is -0.143. The fraction of sp³-hybridized carbons (Fsp3) is 0.583. The van der Waals surface area contributed by atoms with E-state index in [1.54, 1.807) is 35.7 Å². The molecule has 0 bridgehead atoms. The molecule has 32 heavy (non-hydrogen) atoms. The van der Waals surface area contributed by atoms with Crippen LogP contribution in [0.2, 0.25) is 0 Å². The van der Waals surface area contributed by atoms with Gasteiger partial charge in [0.05, 0.1) is 6.61 Å². The minimum absolute atomic E-state index is 0.163. The van der Waals surface area contributed by atoms with Gasteiger partial charge < -0.3 is 15.0 Å². The number of pyridine rings is 1. The molecule has 0 saturated heterocycles. The molecule has 2 aromatic rings. The number of carbonyl (C=O) groups is 3. The number of nitrogens with one attached hydrogen (secondary N) is 1. The Morgan fingerprint density at radius 1 is 1.31 bits per heavy atom. The van der Waals surface area contributed by atoms with Crippen LogP contribution in [0.25, 0.3) is 5.65 Å². The van der Waals surface area contributed by atoms with Crippen LogP contribution in [-0.4, -0.2) is 58.8 Å². The van der Waals surface area contributed by atoms with E-state index in [4.69, 9.17) is 4.74 Å². The molecule has 2 aromatic heterocycles. The molecule has 0 radical (unpaired) electrons. The molecule has 0 aliphatic heterocycles. The summed E-state index contributed by atoms with van der Waals surface area (Å²) in [7, 11) is 1.52. The van der Waals surface area contributed by atoms with Gasteiger partial charge in [-0.3, -0.25) is 18.8 Å². The van der Waals surface area contributed by atoms with Crippen LogP contribution in [0.1, 0.15) is 67.9 Å². The Morgan fingerprint density at radius 2 is 2.06 bits per heavy atom. The van der Waals surface area contributed by atoms with E-state index in [1.165, 1.54) is 24.8 Å². The molecular weight excluding hydrogens is 408 g/mol. The van der Waals surface area contributed by atoms with Gasteiger partial charge in [-0.25, -0.2) is 4.98 Å². The van der Waals surface area contributed by atoms with Crippen molar-refractivity contribution >= 4 is 23.4 Å². The lowest BCUT2D eigenvalue weighted by Crippen LogP contribution is -2.40. The molecule has 1 saturated carbocycles. The van der Waals surface area contributed by atoms with Crippen LogP contribution in [0.5, 0.6) is 0 Å². The molecule has 2 amide bonds. The van der Waals surface area contributed by atoms with E-state index < -0.39 is 11.9 Å². The van der Waals surface area contributed by atoms with Crippen LogP contribution in [0.4, 0.5) is 0 Å². The zero-order chi connectivity index (χ0) is 23.5. The third-order valence-electron chi connectivity index (χ3n) is 6.82. The molecule has 2 heterocycles. The predicted molar refractivity (Wildman–Crippen MR) is 121 cm³/mol. The fourth-order valence-electron chi connectivity index (χ4n) is 4.50. The van der Waals surface area contributed by atoms with Crippen LogP contribution in [0.3, 0.4) is 0 Å². The van der Waals surface area contributed by atoms with E-state index in [0.717, 1.165) is 6.42 Å². The number of carbonyl (C=O) groups excluding carboxylic acids is 3. The molecule has 1 aliphatic carbocycles. The summed E-state index contributed by atoms with van der Waals surface area (Å²) in [6.45, 7) is 9.31. The maximum absolute atomic E-state index is 13.0. The summed E-state index contributed by atoms with van der Waals surface area (Å²) in [6.07, 6.45) is 5.06. The van der Waals surface area contributed by atoms with Gasteiger partial charge in [-0.15, -0.1) is 0 Å². The predicted octanol–water partition coefficient (Wildman–Crippen LogP) is 3.16. The van der Waals surface area contributed by atoms with E-state index in [0.29, 0.717) is 29.7 Å². The van der Waals surface area contributed by atoms with Crippen molar-refractivity contribution in [2.45, 2.75) is 47.0 Å². The van der Waals surface area contributed by atoms with Crippen molar-refractivity contribution < 1.29 is 19.1 Å². The highest BCUT2D eigenvalue weighted by atomic mass is 16.5. The quantitative estimate of drug-likeness (QED) is 0.665. The molecule has 0 aromatic carbocycles. The van der Waals surface area contributed by atoms with Gasteiger partial charge in [0.1, 0.15) is 23.6 Å². The van der Waals surface area contributed by atoms with Crippen molar-refractivity contribution in [1.29, 1.82) is 0 Å². The smallest absolute Gasteiger partial charge is 0.325 e. The standard InChI is InChI=1S/C24H34N4O4/c1-6-32-21(29)15-27(5)23(31)18-14-28-19(10-7-11-20(28)26-18)22(30)25-13-17-9-8-12-24(3,4)16(17)2/h7,10-11,14,16-17H,6,8-9,12-13,15H2,1-5H3,(H,25,30). The second-order valence-electron chi connectivity index (χ2n) is 9.37. The number of nitrogens with zero attached hydrogens (tertiary/aromatic N) is 3. The highest BCUT2D eigenvalue weighted by molar-refractivity contribution is 5.96. The average Bonchev–Trinajstić information content (AvgIpc) is 3.18. The van der Waals surface area contributed by atoms with Crippen LogP contribution >= 0.6 is 0 Å². The monoisotopic (exact) mass is 442 g/mol. The fourth-order valence-corrected chi connectivity index (χ4v) is 4.50. The number of likely N-dealkylation sites (N-methyl/N-ethyl adjacent to an activating group) is 1. The summed E-state index contributed by atoms with van der Waals surface area (Å²) < 4.78 is 6.51. The first kappa shape index (κ1) is 23.8. The van der Waals surface area contributed by atoms with Gasteiger partial charge in [0, 0.05) is 19.8 Å². The molecule has 2 unspecified atom stereocenters. The Kier molecular flexibility index (Phi) is 7.21. The normalized spacial score (nSPS) is 20.0. The van der Waals surface area contributed by atoms with Crippen molar-refractivity contribution in [3.05, 3.63) is 35.8 Å². The number of hydrogen-bond acceptors (Lipinski definition) is 5.